The Bertz CT molecular complexity index is 304. The first kappa shape index (κ1) is 24.0. The van der Waals surface area contributed by atoms with E-state index in [0.717, 1.165) is 31.6 Å². The minimum atomic E-state index is -0.242. The minimum absolute atomic E-state index is 0.242. The number of rotatable bonds is 15. The molecule has 0 aliphatic rings. The highest BCUT2D eigenvalue weighted by Crippen LogP contribution is 2.23. The summed E-state index contributed by atoms with van der Waals surface area (Å²) in [6.45, 7) is 11.4. The highest BCUT2D eigenvalue weighted by atomic mass is 35.5. The van der Waals surface area contributed by atoms with Gasteiger partial charge in [-0.05, 0) is 30.6 Å². The molecule has 0 fully saturated rings. The van der Waals surface area contributed by atoms with Crippen LogP contribution in [-0.2, 0) is 4.79 Å². The van der Waals surface area contributed by atoms with Crippen molar-refractivity contribution in [2.45, 2.75) is 123 Å². The molecule has 0 amide bonds. The molecule has 0 heterocycles. The standard InChI is InChI=1S/C22H43ClO/c1-19(2)15-11-8-6-7-9-12-16-20(23)21(24)17-13-10-14-18-22(3,4)5/h19-20H,6-18H2,1-5H3. The SMILES string of the molecule is CC(C)CCCCCCCCC(Cl)C(=O)CCCCCC(C)(C)C. The quantitative estimate of drug-likeness (QED) is 0.214. The zero-order valence-corrected chi connectivity index (χ0v) is 17.9. The Hall–Kier alpha value is -0.0400. The molecule has 0 spiro atoms. The number of alkyl halides is 1. The Morgan fingerprint density at radius 3 is 1.83 bits per heavy atom. The van der Waals surface area contributed by atoms with E-state index < -0.39 is 0 Å². The zero-order chi connectivity index (χ0) is 18.4. The first-order chi connectivity index (χ1) is 11.2. The summed E-state index contributed by atoms with van der Waals surface area (Å²) in [5, 5.41) is -0.242. The van der Waals surface area contributed by atoms with Crippen LogP contribution in [0.5, 0.6) is 0 Å². The number of Topliss-reactive ketones (excluding diaryl/α,β-unsaturated/α-hetero) is 1. The van der Waals surface area contributed by atoms with Crippen LogP contribution in [0.1, 0.15) is 118 Å². The Morgan fingerprint density at radius 2 is 1.29 bits per heavy atom. The maximum Gasteiger partial charge on any atom is 0.150 e. The number of hydrogen-bond donors (Lipinski definition) is 0. The molecule has 0 aromatic rings. The molecule has 0 rings (SSSR count). The molecule has 1 atom stereocenters. The molecule has 0 aromatic heterocycles. The average molecular weight is 359 g/mol. The second kappa shape index (κ2) is 14.2. The van der Waals surface area contributed by atoms with E-state index in [4.69, 9.17) is 11.6 Å². The maximum absolute atomic E-state index is 12.0. The van der Waals surface area contributed by atoms with Gasteiger partial charge in [-0.1, -0.05) is 92.4 Å². The van der Waals surface area contributed by atoms with Crippen molar-refractivity contribution in [2.24, 2.45) is 11.3 Å². The van der Waals surface area contributed by atoms with Gasteiger partial charge in [-0.3, -0.25) is 4.79 Å². The van der Waals surface area contributed by atoms with E-state index in [2.05, 4.69) is 34.6 Å². The van der Waals surface area contributed by atoms with Crippen molar-refractivity contribution in [2.75, 3.05) is 0 Å². The maximum atomic E-state index is 12.0. The Labute approximate surface area is 157 Å². The van der Waals surface area contributed by atoms with E-state index in [-0.39, 0.29) is 11.2 Å². The van der Waals surface area contributed by atoms with E-state index in [1.807, 2.05) is 0 Å². The van der Waals surface area contributed by atoms with Gasteiger partial charge in [0.05, 0.1) is 5.38 Å². The molecule has 2 heteroatoms. The minimum Gasteiger partial charge on any atom is -0.298 e. The smallest absolute Gasteiger partial charge is 0.150 e. The van der Waals surface area contributed by atoms with Gasteiger partial charge in [-0.15, -0.1) is 11.6 Å². The Morgan fingerprint density at radius 1 is 0.792 bits per heavy atom. The lowest BCUT2D eigenvalue weighted by Gasteiger charge is -2.17. The van der Waals surface area contributed by atoms with Crippen molar-refractivity contribution >= 4 is 17.4 Å². The van der Waals surface area contributed by atoms with E-state index in [1.54, 1.807) is 0 Å². The van der Waals surface area contributed by atoms with Gasteiger partial charge in [0.1, 0.15) is 0 Å². The van der Waals surface area contributed by atoms with Gasteiger partial charge in [-0.25, -0.2) is 0 Å². The van der Waals surface area contributed by atoms with Crippen LogP contribution in [0.3, 0.4) is 0 Å². The van der Waals surface area contributed by atoms with Crippen molar-refractivity contribution in [1.29, 1.82) is 0 Å². The van der Waals surface area contributed by atoms with Crippen LogP contribution in [-0.4, -0.2) is 11.2 Å². The third kappa shape index (κ3) is 16.8. The highest BCUT2D eigenvalue weighted by Gasteiger charge is 2.14. The predicted octanol–water partition coefficient (Wildman–Crippen LogP) is 7.94. The second-order valence-electron chi connectivity index (χ2n) is 9.15. The lowest BCUT2D eigenvalue weighted by atomic mass is 9.89. The zero-order valence-electron chi connectivity index (χ0n) is 17.1. The molecule has 0 aliphatic heterocycles. The number of carbonyl (C=O) groups is 1. The molecule has 144 valence electrons. The van der Waals surface area contributed by atoms with Gasteiger partial charge < -0.3 is 0 Å². The van der Waals surface area contributed by atoms with Gasteiger partial charge in [0.25, 0.3) is 0 Å². The summed E-state index contributed by atoms with van der Waals surface area (Å²) >= 11 is 6.26. The van der Waals surface area contributed by atoms with Crippen molar-refractivity contribution in [1.82, 2.24) is 0 Å². The molecule has 0 saturated heterocycles. The predicted molar refractivity (Wildman–Crippen MR) is 109 cm³/mol. The first-order valence-electron chi connectivity index (χ1n) is 10.4. The summed E-state index contributed by atoms with van der Waals surface area (Å²) in [5.41, 5.74) is 0.411. The van der Waals surface area contributed by atoms with Crippen LogP contribution in [0.15, 0.2) is 0 Å². The van der Waals surface area contributed by atoms with E-state index in [9.17, 15) is 4.79 Å². The summed E-state index contributed by atoms with van der Waals surface area (Å²) in [4.78, 5) is 12.0. The van der Waals surface area contributed by atoms with E-state index >= 15 is 0 Å². The topological polar surface area (TPSA) is 17.1 Å². The molecule has 24 heavy (non-hydrogen) atoms. The summed E-state index contributed by atoms with van der Waals surface area (Å²) < 4.78 is 0. The van der Waals surface area contributed by atoms with Crippen LogP contribution in [0, 0.1) is 11.3 Å². The number of hydrogen-bond acceptors (Lipinski definition) is 1. The third-order valence-electron chi connectivity index (χ3n) is 4.69. The summed E-state index contributed by atoms with van der Waals surface area (Å²) in [5.74, 6) is 1.10. The molecule has 0 radical (unpaired) electrons. The van der Waals surface area contributed by atoms with Crippen LogP contribution in [0.2, 0.25) is 0 Å². The molecule has 0 N–H and O–H groups in total. The Balaban J connectivity index is 3.46. The number of carbonyl (C=O) groups excluding carboxylic acids is 1. The normalized spacial score (nSPS) is 13.5. The van der Waals surface area contributed by atoms with Crippen molar-refractivity contribution in [3.05, 3.63) is 0 Å². The van der Waals surface area contributed by atoms with Crippen LogP contribution in [0.25, 0.3) is 0 Å². The third-order valence-corrected chi connectivity index (χ3v) is 5.15. The van der Waals surface area contributed by atoms with Gasteiger partial charge >= 0.3 is 0 Å². The first-order valence-corrected chi connectivity index (χ1v) is 10.8. The van der Waals surface area contributed by atoms with Crippen LogP contribution < -0.4 is 0 Å². The molecule has 0 saturated carbocycles. The monoisotopic (exact) mass is 358 g/mol. The molecular weight excluding hydrogens is 316 g/mol. The number of ketones is 1. The molecule has 0 bridgehead atoms. The van der Waals surface area contributed by atoms with E-state index in [0.29, 0.717) is 11.8 Å². The number of unbranched alkanes of at least 4 members (excludes halogenated alkanes) is 7. The fourth-order valence-corrected chi connectivity index (χ4v) is 3.30. The summed E-state index contributed by atoms with van der Waals surface area (Å²) in [7, 11) is 0. The van der Waals surface area contributed by atoms with Crippen molar-refractivity contribution in [3.8, 4) is 0 Å². The van der Waals surface area contributed by atoms with Gasteiger partial charge in [-0.2, -0.15) is 0 Å². The fraction of sp³-hybridized carbons (Fsp3) is 0.955. The molecule has 1 nitrogen and oxygen atoms in total. The molecule has 0 aromatic carbocycles. The Kier molecular flexibility index (Phi) is 14.1. The van der Waals surface area contributed by atoms with Crippen molar-refractivity contribution < 1.29 is 4.79 Å². The van der Waals surface area contributed by atoms with Gasteiger partial charge in [0, 0.05) is 6.42 Å². The molecule has 1 unspecified atom stereocenters. The van der Waals surface area contributed by atoms with Gasteiger partial charge in [0.2, 0.25) is 0 Å². The lowest BCUT2D eigenvalue weighted by molar-refractivity contribution is -0.119. The van der Waals surface area contributed by atoms with Crippen LogP contribution >= 0.6 is 11.6 Å². The summed E-state index contributed by atoms with van der Waals surface area (Å²) in [6, 6.07) is 0. The highest BCUT2D eigenvalue weighted by molar-refractivity contribution is 6.31. The van der Waals surface area contributed by atoms with Crippen molar-refractivity contribution in [3.63, 3.8) is 0 Å². The van der Waals surface area contributed by atoms with Crippen LogP contribution in [0.4, 0.5) is 0 Å². The second-order valence-corrected chi connectivity index (χ2v) is 9.67. The number of halogens is 1. The average Bonchev–Trinajstić information content (AvgIpc) is 2.47. The largest absolute Gasteiger partial charge is 0.298 e. The van der Waals surface area contributed by atoms with E-state index in [1.165, 1.54) is 51.4 Å². The fourth-order valence-electron chi connectivity index (χ4n) is 3.03. The summed E-state index contributed by atoms with van der Waals surface area (Å²) in [6.07, 6.45) is 15.2. The molecular formula is C22H43ClO. The molecule has 0 aliphatic carbocycles. The van der Waals surface area contributed by atoms with Gasteiger partial charge in [0.15, 0.2) is 5.78 Å². The lowest BCUT2D eigenvalue weighted by Crippen LogP contribution is -2.14.